The van der Waals surface area contributed by atoms with Crippen LogP contribution in [0.5, 0.6) is 5.75 Å². The highest BCUT2D eigenvalue weighted by Gasteiger charge is 2.57. The molecule has 0 spiro atoms. The monoisotopic (exact) mass is 472 g/mol. The molecule has 5 heteroatoms. The largest absolute Gasteiger partial charge is 0.467 e. The van der Waals surface area contributed by atoms with Gasteiger partial charge in [0.05, 0.1) is 11.7 Å². The van der Waals surface area contributed by atoms with Crippen LogP contribution in [0.3, 0.4) is 0 Å². The van der Waals surface area contributed by atoms with Crippen LogP contribution in [0.1, 0.15) is 83.1 Å². The molecule has 5 nitrogen and oxygen atoms in total. The first-order valence-electron chi connectivity index (χ1n) is 12.7. The summed E-state index contributed by atoms with van der Waals surface area (Å²) in [5.74, 6) is 1.62. The molecule has 3 rings (SSSR count). The van der Waals surface area contributed by atoms with Crippen molar-refractivity contribution in [2.24, 2.45) is 22.7 Å². The van der Waals surface area contributed by atoms with E-state index >= 15 is 0 Å². The van der Waals surface area contributed by atoms with Gasteiger partial charge < -0.3 is 19.0 Å². The van der Waals surface area contributed by atoms with Gasteiger partial charge in [0, 0.05) is 12.7 Å². The fourth-order valence-corrected chi connectivity index (χ4v) is 6.82. The van der Waals surface area contributed by atoms with Crippen LogP contribution in [0.15, 0.2) is 33.0 Å². The van der Waals surface area contributed by atoms with E-state index in [9.17, 15) is 9.90 Å². The van der Waals surface area contributed by atoms with Crippen molar-refractivity contribution in [2.45, 2.75) is 92.6 Å². The molecule has 5 atom stereocenters. The molecule has 0 saturated heterocycles. The summed E-state index contributed by atoms with van der Waals surface area (Å²) in [6.07, 6.45) is 8.09. The number of aryl methyl sites for hydroxylation is 1. The molecule has 0 bridgehead atoms. The van der Waals surface area contributed by atoms with Crippen molar-refractivity contribution < 1.29 is 19.0 Å². The molecule has 0 aliphatic heterocycles. The normalized spacial score (nSPS) is 31.2. The van der Waals surface area contributed by atoms with Crippen LogP contribution < -0.4 is 10.4 Å². The van der Waals surface area contributed by atoms with E-state index < -0.39 is 0 Å². The van der Waals surface area contributed by atoms with Gasteiger partial charge in [-0.15, -0.1) is 0 Å². The molecule has 1 aromatic heterocycles. The highest BCUT2D eigenvalue weighted by molar-refractivity contribution is 5.41. The van der Waals surface area contributed by atoms with Crippen molar-refractivity contribution in [3.05, 3.63) is 51.1 Å². The van der Waals surface area contributed by atoms with Crippen molar-refractivity contribution in [1.82, 2.24) is 0 Å². The molecule has 0 aromatic carbocycles. The van der Waals surface area contributed by atoms with E-state index in [1.165, 1.54) is 11.1 Å². The Morgan fingerprint density at radius 2 is 1.97 bits per heavy atom. The topological polar surface area (TPSA) is 68.9 Å². The SMILES string of the molecule is C=C1CC[C@@H]2[C@](C)(CC[C@H](O)[C@@]2(C)CCC=C(C)C)[C@@H]1Cc1c(OCOC)c(C)c(C)oc1=O. The Balaban J connectivity index is 2.01. The number of hydrogen-bond donors (Lipinski definition) is 1. The lowest BCUT2D eigenvalue weighted by molar-refractivity contribution is -0.136. The number of rotatable bonds is 8. The number of methoxy groups -OCH3 is 1. The molecule has 0 amide bonds. The summed E-state index contributed by atoms with van der Waals surface area (Å²) < 4.78 is 16.6. The molecule has 0 unspecified atom stereocenters. The van der Waals surface area contributed by atoms with Crippen LogP contribution in [-0.2, 0) is 11.2 Å². The van der Waals surface area contributed by atoms with Gasteiger partial charge in [0.2, 0.25) is 0 Å². The van der Waals surface area contributed by atoms with Crippen molar-refractivity contribution in [1.29, 1.82) is 0 Å². The van der Waals surface area contributed by atoms with E-state index in [4.69, 9.17) is 13.9 Å². The molecule has 1 N–H and O–H groups in total. The lowest BCUT2D eigenvalue weighted by atomic mass is 9.45. The maximum Gasteiger partial charge on any atom is 0.342 e. The highest BCUT2D eigenvalue weighted by atomic mass is 16.7. The summed E-state index contributed by atoms with van der Waals surface area (Å²) in [6.45, 7) is 17.2. The van der Waals surface area contributed by atoms with Crippen molar-refractivity contribution in [3.8, 4) is 5.75 Å². The number of hydrogen-bond acceptors (Lipinski definition) is 5. The number of ether oxygens (including phenoxy) is 2. The van der Waals surface area contributed by atoms with E-state index in [0.29, 0.717) is 29.4 Å². The Morgan fingerprint density at radius 3 is 2.62 bits per heavy atom. The van der Waals surface area contributed by atoms with E-state index in [0.717, 1.165) is 44.1 Å². The van der Waals surface area contributed by atoms with Crippen LogP contribution in [0.4, 0.5) is 0 Å². The molecule has 1 heterocycles. The first kappa shape index (κ1) is 26.7. The minimum absolute atomic E-state index is 0.0575. The van der Waals surface area contributed by atoms with Gasteiger partial charge in [0.1, 0.15) is 11.5 Å². The maximum atomic E-state index is 13.0. The molecule has 1 aromatic rings. The highest BCUT2D eigenvalue weighted by Crippen LogP contribution is 2.63. The second-order valence-electron chi connectivity index (χ2n) is 11.3. The molecule has 0 radical (unpaired) electrons. The summed E-state index contributed by atoms with van der Waals surface area (Å²) in [7, 11) is 1.57. The predicted molar refractivity (Wildman–Crippen MR) is 136 cm³/mol. The zero-order chi connectivity index (χ0) is 25.3. The minimum Gasteiger partial charge on any atom is -0.467 e. The molecule has 34 heavy (non-hydrogen) atoms. The Labute approximate surface area is 205 Å². The molecule has 2 fully saturated rings. The third-order valence-corrected chi connectivity index (χ3v) is 8.95. The van der Waals surface area contributed by atoms with Crippen LogP contribution in [0, 0.1) is 36.5 Å². The number of aliphatic hydroxyl groups excluding tert-OH is 1. The van der Waals surface area contributed by atoms with Gasteiger partial charge in [-0.25, -0.2) is 4.79 Å². The van der Waals surface area contributed by atoms with Crippen molar-refractivity contribution >= 4 is 0 Å². The zero-order valence-electron chi connectivity index (χ0n) is 22.3. The lowest BCUT2D eigenvalue weighted by Gasteiger charge is -2.60. The first-order valence-corrected chi connectivity index (χ1v) is 12.7. The molecule has 2 aliphatic rings. The summed E-state index contributed by atoms with van der Waals surface area (Å²) in [4.78, 5) is 13.0. The maximum absolute atomic E-state index is 13.0. The number of allylic oxidation sites excluding steroid dienone is 3. The first-order chi connectivity index (χ1) is 16.0. The average Bonchev–Trinajstić information content (AvgIpc) is 2.76. The van der Waals surface area contributed by atoms with E-state index in [1.54, 1.807) is 14.0 Å². The quantitative estimate of drug-likeness (QED) is 0.356. The molecule has 2 aliphatic carbocycles. The van der Waals surface area contributed by atoms with E-state index in [-0.39, 0.29) is 35.3 Å². The lowest BCUT2D eigenvalue weighted by Crippen LogP contribution is -2.56. The Morgan fingerprint density at radius 1 is 1.26 bits per heavy atom. The zero-order valence-corrected chi connectivity index (χ0v) is 22.3. The summed E-state index contributed by atoms with van der Waals surface area (Å²) in [6, 6.07) is 0. The fourth-order valence-electron chi connectivity index (χ4n) is 6.82. The summed E-state index contributed by atoms with van der Waals surface area (Å²) >= 11 is 0. The molecule has 2 saturated carbocycles. The number of aliphatic hydroxyl groups is 1. The van der Waals surface area contributed by atoms with Gasteiger partial charge in [-0.3, -0.25) is 0 Å². The van der Waals surface area contributed by atoms with E-state index in [1.807, 2.05) is 6.92 Å². The standard InChI is InChI=1S/C29H44O5/c1-18(2)10-9-14-29(7)24-12-11-19(3)23(28(24,6)15-13-25(29)30)16-22-26(33-17-32-8)20(4)21(5)34-27(22)31/h10,23-25,30H,3,9,11-17H2,1-2,4-8H3/t23-,24-,25+,28-,29+/m1/s1. The van der Waals surface area contributed by atoms with E-state index in [2.05, 4.69) is 40.3 Å². The Bertz CT molecular complexity index is 985. The van der Waals surface area contributed by atoms with Crippen LogP contribution in [-0.4, -0.2) is 25.1 Å². The van der Waals surface area contributed by atoms with Gasteiger partial charge in [-0.2, -0.15) is 0 Å². The van der Waals surface area contributed by atoms with Crippen molar-refractivity contribution in [3.63, 3.8) is 0 Å². The minimum atomic E-state index is -0.338. The van der Waals surface area contributed by atoms with Crippen LogP contribution >= 0.6 is 0 Å². The van der Waals surface area contributed by atoms with Gasteiger partial charge in [-0.1, -0.05) is 37.6 Å². The molecule has 190 valence electrons. The van der Waals surface area contributed by atoms with Gasteiger partial charge in [0.25, 0.3) is 0 Å². The number of fused-ring (bicyclic) bond motifs is 1. The fraction of sp³-hybridized carbons (Fsp3) is 0.690. The predicted octanol–water partition coefficient (Wildman–Crippen LogP) is 6.28. The third-order valence-electron chi connectivity index (χ3n) is 8.95. The van der Waals surface area contributed by atoms with Crippen molar-refractivity contribution in [2.75, 3.05) is 13.9 Å². The Hall–Kier alpha value is -1.85. The second-order valence-corrected chi connectivity index (χ2v) is 11.3. The van der Waals surface area contributed by atoms with Gasteiger partial charge >= 0.3 is 5.63 Å². The van der Waals surface area contributed by atoms with Crippen LogP contribution in [0.2, 0.25) is 0 Å². The van der Waals surface area contributed by atoms with Gasteiger partial charge in [0.15, 0.2) is 6.79 Å². The summed E-state index contributed by atoms with van der Waals surface area (Å²) in [5, 5.41) is 11.2. The third kappa shape index (κ3) is 4.92. The van der Waals surface area contributed by atoms with Gasteiger partial charge in [-0.05, 0) is 95.3 Å². The Kier molecular flexibility index (Phi) is 8.19. The second kappa shape index (κ2) is 10.4. The van der Waals surface area contributed by atoms with Crippen LogP contribution in [0.25, 0.3) is 0 Å². The smallest absolute Gasteiger partial charge is 0.342 e. The average molecular weight is 473 g/mol. The molecular weight excluding hydrogens is 428 g/mol. The summed E-state index contributed by atoms with van der Waals surface area (Å²) in [5.41, 5.74) is 3.36. The molecular formula is C29H44O5.